The van der Waals surface area contributed by atoms with Gasteiger partial charge in [0.25, 0.3) is 0 Å². The summed E-state index contributed by atoms with van der Waals surface area (Å²) in [6.45, 7) is 4.13. The molecule has 0 unspecified atom stereocenters. The molecule has 7 atom stereocenters. The highest BCUT2D eigenvalue weighted by Gasteiger charge is 2.64. The third kappa shape index (κ3) is 5.67. The fourth-order valence-electron chi connectivity index (χ4n) is 8.87. The SMILES string of the molecule is C/C=C(\CCO)C(=O)O[C@]1(C)CC=C2CSS[C@@H]3C=C[C@@H](NC)[C@H]4CN(C(=O)Cc5cnc(N)cc5[C@H]2[C@]12Cc1cc5ccc(=O)oc5cc1O2)[C@H]43. The van der Waals surface area contributed by atoms with Gasteiger partial charge in [0.1, 0.15) is 17.2 Å². The minimum atomic E-state index is -1.23. The van der Waals surface area contributed by atoms with Gasteiger partial charge in [-0.25, -0.2) is 14.6 Å². The third-order valence-electron chi connectivity index (χ3n) is 11.6. The summed E-state index contributed by atoms with van der Waals surface area (Å²) in [6.07, 6.45) is 11.0. The summed E-state index contributed by atoms with van der Waals surface area (Å²) in [5.74, 6) is 0.803. The lowest BCUT2D eigenvalue weighted by Gasteiger charge is -2.55. The van der Waals surface area contributed by atoms with Crippen LogP contribution in [-0.2, 0) is 27.2 Å². The largest absolute Gasteiger partial charge is 0.481 e. The average molecular weight is 743 g/mol. The van der Waals surface area contributed by atoms with E-state index < -0.39 is 28.7 Å². The molecule has 1 aromatic carbocycles. The minimum absolute atomic E-state index is 0.0265. The number of carbonyl (C=O) groups excluding carboxylic acids is 2. The van der Waals surface area contributed by atoms with Crippen LogP contribution in [0.2, 0.25) is 0 Å². The molecule has 8 rings (SSSR count). The van der Waals surface area contributed by atoms with E-state index in [2.05, 4.69) is 28.5 Å². The molecule has 3 aromatic rings. The van der Waals surface area contributed by atoms with E-state index in [9.17, 15) is 19.5 Å². The highest BCUT2D eigenvalue weighted by Crippen LogP contribution is 2.59. The Kier molecular flexibility index (Phi) is 9.04. The number of rotatable bonds is 5. The number of aliphatic hydroxyl groups is 1. The molecule has 5 heterocycles. The Morgan fingerprint density at radius 3 is 2.87 bits per heavy atom. The number of nitrogens with two attached hydrogens (primary N) is 1. The van der Waals surface area contributed by atoms with Crippen LogP contribution in [0.4, 0.5) is 5.82 Å². The van der Waals surface area contributed by atoms with Gasteiger partial charge < -0.3 is 34.9 Å². The standard InChI is InChI=1S/C39H42N4O7S2/c1-4-21(10-12-44)37(47)50-38(2)11-9-23-20-51-52-31-7-6-28(41-3)27-19-43(36(27)31)33(45)14-25-18-42-32(40)15-26(25)35(23)39(38)17-24-13-22-5-8-34(46)48-29(22)16-30(24)49-39/h4-9,13,15-16,18,27-28,31,35-36,41,44H,10-12,14,17,19-20H2,1-3H3,(H2,40,42)/b21-4+/t27-,28-,31-,35+,36-,38-,39-/m1/s1. The van der Waals surface area contributed by atoms with E-state index in [1.807, 2.05) is 31.0 Å². The molecule has 11 nitrogen and oxygen atoms in total. The number of aliphatic hydroxyl groups excluding tert-OH is 1. The van der Waals surface area contributed by atoms with E-state index in [-0.39, 0.29) is 42.7 Å². The first-order valence-electron chi connectivity index (χ1n) is 17.7. The summed E-state index contributed by atoms with van der Waals surface area (Å²) in [4.78, 5) is 46.8. The Labute approximate surface area is 309 Å². The van der Waals surface area contributed by atoms with Gasteiger partial charge in [-0.05, 0) is 55.8 Å². The zero-order valence-electron chi connectivity index (χ0n) is 29.3. The fraction of sp³-hybridized carbons (Fsp3) is 0.436. The Balaban J connectivity index is 1.29. The number of ether oxygens (including phenoxy) is 2. The zero-order chi connectivity index (χ0) is 36.4. The van der Waals surface area contributed by atoms with E-state index in [0.717, 1.165) is 27.6 Å². The number of aromatic nitrogens is 1. The van der Waals surface area contributed by atoms with E-state index >= 15 is 0 Å². The predicted octanol–water partition coefficient (Wildman–Crippen LogP) is 4.48. The van der Waals surface area contributed by atoms with Crippen LogP contribution in [0, 0.1) is 5.92 Å². The molecule has 272 valence electrons. The van der Waals surface area contributed by atoms with Crippen molar-refractivity contribution in [3.63, 3.8) is 0 Å². The highest BCUT2D eigenvalue weighted by atomic mass is 33.1. The number of likely N-dealkylation sites (N-methyl/N-ethyl adjacent to an activating group) is 1. The number of fused-ring (bicyclic) bond motifs is 6. The molecule has 0 saturated carbocycles. The van der Waals surface area contributed by atoms with Crippen LogP contribution in [0.3, 0.4) is 0 Å². The molecule has 13 heteroatoms. The Morgan fingerprint density at radius 1 is 1.23 bits per heavy atom. The van der Waals surface area contributed by atoms with Crippen molar-refractivity contribution in [2.45, 2.75) is 74.0 Å². The molecule has 1 saturated heterocycles. The normalized spacial score (nSPS) is 30.9. The molecule has 2 aliphatic carbocycles. The molecular weight excluding hydrogens is 701 g/mol. The molecule has 52 heavy (non-hydrogen) atoms. The van der Waals surface area contributed by atoms with Gasteiger partial charge in [0.05, 0.1) is 23.6 Å². The molecule has 1 amide bonds. The first-order chi connectivity index (χ1) is 25.1. The number of pyridine rings is 1. The number of allylic oxidation sites excluding steroid dienone is 1. The Hall–Kier alpha value is -4.04. The monoisotopic (exact) mass is 742 g/mol. The predicted molar refractivity (Wildman–Crippen MR) is 202 cm³/mol. The van der Waals surface area contributed by atoms with Gasteiger partial charge >= 0.3 is 11.6 Å². The number of nitrogens with zero attached hydrogens (tertiary/aromatic N) is 2. The first-order valence-corrected chi connectivity index (χ1v) is 20.1. The Morgan fingerprint density at radius 2 is 2.08 bits per heavy atom. The van der Waals surface area contributed by atoms with Crippen LogP contribution in [0.5, 0.6) is 5.75 Å². The lowest BCUT2D eigenvalue weighted by molar-refractivity contribution is -0.183. The molecule has 1 spiro atoms. The van der Waals surface area contributed by atoms with Gasteiger partial charge in [-0.15, -0.1) is 0 Å². The van der Waals surface area contributed by atoms with Gasteiger partial charge in [0.15, 0.2) is 11.2 Å². The summed E-state index contributed by atoms with van der Waals surface area (Å²) in [5.41, 5.74) is 7.79. The van der Waals surface area contributed by atoms with E-state index in [4.69, 9.17) is 19.6 Å². The summed E-state index contributed by atoms with van der Waals surface area (Å²) >= 11 is 0. The van der Waals surface area contributed by atoms with Crippen molar-refractivity contribution in [3.05, 3.63) is 99.1 Å². The lowest BCUT2D eigenvalue weighted by Crippen LogP contribution is -2.68. The summed E-state index contributed by atoms with van der Waals surface area (Å²) < 4.78 is 19.3. The number of nitrogen functional groups attached to an aromatic ring is 1. The second-order valence-electron chi connectivity index (χ2n) is 14.5. The smallest absolute Gasteiger partial charge is 0.336 e. The van der Waals surface area contributed by atoms with Crippen LogP contribution in [-0.4, -0.2) is 81.4 Å². The van der Waals surface area contributed by atoms with Crippen molar-refractivity contribution in [1.29, 1.82) is 0 Å². The zero-order valence-corrected chi connectivity index (χ0v) is 30.9. The van der Waals surface area contributed by atoms with Gasteiger partial charge in [0.2, 0.25) is 5.91 Å². The molecule has 0 radical (unpaired) electrons. The van der Waals surface area contributed by atoms with Crippen molar-refractivity contribution in [2.75, 3.05) is 31.7 Å². The number of benzene rings is 1. The number of nitrogens with one attached hydrogen (secondary N) is 1. The van der Waals surface area contributed by atoms with Crippen LogP contribution in [0.25, 0.3) is 11.0 Å². The van der Waals surface area contributed by atoms with E-state index in [1.54, 1.807) is 52.9 Å². The van der Waals surface area contributed by atoms with Gasteiger partial charge in [-0.3, -0.25) is 4.79 Å². The van der Waals surface area contributed by atoms with Crippen LogP contribution < -0.4 is 21.4 Å². The van der Waals surface area contributed by atoms with Gasteiger partial charge in [-0.1, -0.05) is 51.5 Å². The average Bonchev–Trinajstić information content (AvgIpc) is 3.47. The summed E-state index contributed by atoms with van der Waals surface area (Å²) in [6, 6.07) is 8.97. The summed E-state index contributed by atoms with van der Waals surface area (Å²) in [5, 5.41) is 14.0. The van der Waals surface area contributed by atoms with Crippen molar-refractivity contribution >= 4 is 50.3 Å². The number of carbonyl (C=O) groups is 2. The maximum Gasteiger partial charge on any atom is 0.336 e. The van der Waals surface area contributed by atoms with Crippen LogP contribution >= 0.6 is 21.6 Å². The molecule has 0 bridgehead atoms. The van der Waals surface area contributed by atoms with E-state index in [0.29, 0.717) is 53.8 Å². The molecule has 4 N–H and O–H groups in total. The topological polar surface area (TPSA) is 157 Å². The van der Waals surface area contributed by atoms with Gasteiger partial charge in [0, 0.05) is 79.4 Å². The number of esters is 1. The Bertz CT molecular complexity index is 2120. The maximum atomic E-state index is 14.2. The van der Waals surface area contributed by atoms with Crippen molar-refractivity contribution in [3.8, 4) is 5.75 Å². The molecular formula is C39H42N4O7S2. The lowest BCUT2D eigenvalue weighted by atomic mass is 9.61. The quantitative estimate of drug-likeness (QED) is 0.111. The highest BCUT2D eigenvalue weighted by molar-refractivity contribution is 8.77. The first kappa shape index (κ1) is 35.0. The minimum Gasteiger partial charge on any atom is -0.481 e. The van der Waals surface area contributed by atoms with Crippen LogP contribution in [0.1, 0.15) is 49.3 Å². The number of anilines is 1. The third-order valence-corrected chi connectivity index (χ3v) is 14.3. The fourth-order valence-corrected chi connectivity index (χ4v) is 11.8. The number of amides is 1. The number of hydrogen-bond acceptors (Lipinski definition) is 12. The van der Waals surface area contributed by atoms with Crippen molar-refractivity contribution < 1.29 is 28.6 Å². The molecule has 3 aliphatic heterocycles. The second-order valence-corrected chi connectivity index (χ2v) is 17.0. The maximum absolute atomic E-state index is 14.2. The number of hydrogen-bond donors (Lipinski definition) is 3. The second kappa shape index (κ2) is 13.4. The van der Waals surface area contributed by atoms with Crippen LogP contribution in [0.15, 0.2) is 81.2 Å². The van der Waals surface area contributed by atoms with Crippen molar-refractivity contribution in [2.24, 2.45) is 5.92 Å². The molecule has 1 fully saturated rings. The molecule has 5 aliphatic rings. The van der Waals surface area contributed by atoms with Crippen molar-refractivity contribution in [1.82, 2.24) is 15.2 Å². The van der Waals surface area contributed by atoms with Gasteiger partial charge in [-0.2, -0.15) is 0 Å². The molecule has 2 aromatic heterocycles. The summed E-state index contributed by atoms with van der Waals surface area (Å²) in [7, 11) is 5.50. The van der Waals surface area contributed by atoms with E-state index in [1.165, 1.54) is 6.07 Å².